The molecule has 0 bridgehead atoms. The van der Waals surface area contributed by atoms with E-state index < -0.39 is 5.97 Å². The summed E-state index contributed by atoms with van der Waals surface area (Å²) >= 11 is 16.3. The fraction of sp³-hybridized carbons (Fsp3) is 0.185. The number of rotatable bonds is 8. The molecule has 0 unspecified atom stereocenters. The van der Waals surface area contributed by atoms with Crippen LogP contribution in [0.3, 0.4) is 0 Å². The van der Waals surface area contributed by atoms with Gasteiger partial charge in [0.1, 0.15) is 12.4 Å². The smallest absolute Gasteiger partial charge is 0.335 e. The summed E-state index contributed by atoms with van der Waals surface area (Å²) in [6.07, 6.45) is 2.29. The number of carboxylic acid groups (broad SMARTS) is 1. The van der Waals surface area contributed by atoms with Crippen molar-refractivity contribution in [3.63, 3.8) is 0 Å². The number of aromatic carboxylic acids is 1. The molecule has 1 aromatic heterocycles. The molecule has 3 aromatic carbocycles. The predicted molar refractivity (Wildman–Crippen MR) is 150 cm³/mol. The van der Waals surface area contributed by atoms with Gasteiger partial charge in [-0.15, -0.1) is 0 Å². The van der Waals surface area contributed by atoms with Crippen molar-refractivity contribution >= 4 is 62.2 Å². The molecule has 0 amide bonds. The minimum Gasteiger partial charge on any atom is -0.486 e. The van der Waals surface area contributed by atoms with Crippen LogP contribution >= 0.6 is 39.1 Å². The molecule has 7 nitrogen and oxygen atoms in total. The molecule has 4 rings (SSSR count). The Morgan fingerprint density at radius 1 is 1.16 bits per heavy atom. The molecule has 4 aromatic rings. The maximum Gasteiger partial charge on any atom is 0.335 e. The van der Waals surface area contributed by atoms with Crippen molar-refractivity contribution in [2.75, 3.05) is 0 Å². The summed E-state index contributed by atoms with van der Waals surface area (Å²) in [6, 6.07) is 15.0. The molecule has 0 spiro atoms. The van der Waals surface area contributed by atoms with Crippen LogP contribution in [0.4, 0.5) is 0 Å². The van der Waals surface area contributed by atoms with Gasteiger partial charge in [-0.25, -0.2) is 9.78 Å². The van der Waals surface area contributed by atoms with Crippen molar-refractivity contribution < 1.29 is 14.6 Å². The summed E-state index contributed by atoms with van der Waals surface area (Å²) in [7, 11) is 0. The van der Waals surface area contributed by atoms with E-state index in [9.17, 15) is 9.59 Å². The number of carboxylic acids is 1. The van der Waals surface area contributed by atoms with E-state index in [1.807, 2.05) is 19.9 Å². The van der Waals surface area contributed by atoms with E-state index in [0.717, 1.165) is 16.5 Å². The average molecular weight is 603 g/mol. The van der Waals surface area contributed by atoms with Crippen LogP contribution in [0.25, 0.3) is 10.9 Å². The molecule has 0 radical (unpaired) electrons. The van der Waals surface area contributed by atoms with E-state index in [4.69, 9.17) is 38.0 Å². The Bertz CT molecular complexity index is 1550. The van der Waals surface area contributed by atoms with Crippen molar-refractivity contribution in [3.8, 4) is 5.75 Å². The van der Waals surface area contributed by atoms with Crippen LogP contribution in [0.15, 0.2) is 69.0 Å². The predicted octanol–water partition coefficient (Wildman–Crippen LogP) is 7.14. The van der Waals surface area contributed by atoms with E-state index in [2.05, 4.69) is 21.0 Å². The van der Waals surface area contributed by atoms with Crippen LogP contribution in [-0.2, 0) is 6.61 Å². The molecule has 0 aliphatic rings. The van der Waals surface area contributed by atoms with Crippen molar-refractivity contribution in [3.05, 3.63) is 102 Å². The molecule has 0 aliphatic carbocycles. The van der Waals surface area contributed by atoms with Gasteiger partial charge in [0.15, 0.2) is 5.75 Å². The van der Waals surface area contributed by atoms with Gasteiger partial charge in [-0.1, -0.05) is 65.1 Å². The average Bonchev–Trinajstić information content (AvgIpc) is 2.87. The van der Waals surface area contributed by atoms with Gasteiger partial charge in [0.05, 0.1) is 32.7 Å². The minimum absolute atomic E-state index is 0.00501. The lowest BCUT2D eigenvalue weighted by molar-refractivity contribution is 0.0697. The highest BCUT2D eigenvalue weighted by molar-refractivity contribution is 9.10. The summed E-state index contributed by atoms with van der Waals surface area (Å²) in [6.45, 7) is 4.17. The third-order valence-electron chi connectivity index (χ3n) is 5.81. The topological polar surface area (TPSA) is 93.8 Å². The van der Waals surface area contributed by atoms with Crippen molar-refractivity contribution in [2.24, 2.45) is 5.10 Å². The second-order valence-corrected chi connectivity index (χ2v) is 10.1. The van der Waals surface area contributed by atoms with Gasteiger partial charge in [-0.2, -0.15) is 9.78 Å². The van der Waals surface area contributed by atoms with Crippen molar-refractivity contribution in [1.82, 2.24) is 9.66 Å². The molecule has 190 valence electrons. The number of hydrogen-bond donors (Lipinski definition) is 1. The molecular weight excluding hydrogens is 581 g/mol. The van der Waals surface area contributed by atoms with Gasteiger partial charge in [-0.05, 0) is 60.0 Å². The zero-order valence-electron chi connectivity index (χ0n) is 19.9. The lowest BCUT2D eigenvalue weighted by atomic mass is 10.1. The zero-order valence-corrected chi connectivity index (χ0v) is 23.0. The van der Waals surface area contributed by atoms with E-state index in [-0.39, 0.29) is 39.4 Å². The quantitative estimate of drug-likeness (QED) is 0.216. The fourth-order valence-electron chi connectivity index (χ4n) is 3.59. The van der Waals surface area contributed by atoms with Gasteiger partial charge in [0, 0.05) is 10.4 Å². The monoisotopic (exact) mass is 601 g/mol. The second-order valence-electron chi connectivity index (χ2n) is 8.41. The van der Waals surface area contributed by atoms with Gasteiger partial charge >= 0.3 is 5.97 Å². The van der Waals surface area contributed by atoms with Crippen LogP contribution in [0, 0.1) is 0 Å². The Balaban J connectivity index is 1.62. The summed E-state index contributed by atoms with van der Waals surface area (Å²) in [5.41, 5.74) is 1.86. The van der Waals surface area contributed by atoms with Gasteiger partial charge in [-0.3, -0.25) is 4.79 Å². The number of carbonyl (C=O) groups is 1. The maximum atomic E-state index is 13.3. The molecule has 1 heterocycles. The first kappa shape index (κ1) is 26.9. The number of ether oxygens (including phenoxy) is 1. The highest BCUT2D eigenvalue weighted by atomic mass is 79.9. The van der Waals surface area contributed by atoms with E-state index >= 15 is 0 Å². The molecular formula is C27H22BrCl2N3O4. The number of fused-ring (bicyclic) bond motifs is 1. The van der Waals surface area contributed by atoms with Crippen LogP contribution in [-0.4, -0.2) is 27.0 Å². The lowest BCUT2D eigenvalue weighted by Crippen LogP contribution is -2.23. The molecule has 1 atom stereocenters. The zero-order chi connectivity index (χ0) is 26.7. The SMILES string of the molecule is CC[C@H](C)c1nc2ccc(Br)cc2c(=O)n1N=Cc1cc(Cl)c(OCc2ccc(C(=O)O)cc2)c(Cl)c1. The summed E-state index contributed by atoms with van der Waals surface area (Å²) < 4.78 is 7.88. The molecule has 0 saturated carbocycles. The van der Waals surface area contributed by atoms with Crippen molar-refractivity contribution in [2.45, 2.75) is 32.8 Å². The lowest BCUT2D eigenvalue weighted by Gasteiger charge is -2.14. The number of nitrogens with zero attached hydrogens (tertiary/aromatic N) is 3. The first-order valence-electron chi connectivity index (χ1n) is 11.4. The number of aromatic nitrogens is 2. The first-order chi connectivity index (χ1) is 17.7. The number of benzene rings is 3. The minimum atomic E-state index is -0.998. The molecule has 0 saturated heterocycles. The molecule has 1 N–H and O–H groups in total. The standard InChI is InChI=1S/C27H22BrCl2N3O4/c1-3-15(2)25-32-23-9-8-19(28)12-20(23)26(34)33(25)31-13-17-10-21(29)24(22(30)11-17)37-14-16-4-6-18(7-5-16)27(35)36/h4-13,15H,3,14H2,1-2H3,(H,35,36)/t15-/m0/s1. The van der Waals surface area contributed by atoms with Crippen LogP contribution in [0.1, 0.15) is 53.5 Å². The third kappa shape index (κ3) is 6.04. The first-order valence-corrected chi connectivity index (χ1v) is 12.9. The van der Waals surface area contributed by atoms with E-state index in [1.54, 1.807) is 36.4 Å². The highest BCUT2D eigenvalue weighted by Gasteiger charge is 2.16. The van der Waals surface area contributed by atoms with Gasteiger partial charge < -0.3 is 9.84 Å². The fourth-order valence-corrected chi connectivity index (χ4v) is 4.57. The van der Waals surface area contributed by atoms with Gasteiger partial charge in [0.2, 0.25) is 0 Å². The molecule has 10 heteroatoms. The molecule has 37 heavy (non-hydrogen) atoms. The Hall–Kier alpha value is -3.20. The Labute approximate surface area is 231 Å². The maximum absolute atomic E-state index is 13.3. The Morgan fingerprint density at radius 3 is 2.46 bits per heavy atom. The normalized spacial score (nSPS) is 12.2. The van der Waals surface area contributed by atoms with Crippen LogP contribution in [0.5, 0.6) is 5.75 Å². The largest absolute Gasteiger partial charge is 0.486 e. The third-order valence-corrected chi connectivity index (χ3v) is 6.87. The van der Waals surface area contributed by atoms with Crippen molar-refractivity contribution in [1.29, 1.82) is 0 Å². The van der Waals surface area contributed by atoms with Crippen LogP contribution in [0.2, 0.25) is 10.0 Å². The Morgan fingerprint density at radius 2 is 1.84 bits per heavy atom. The Kier molecular flexibility index (Phi) is 8.32. The second kappa shape index (κ2) is 11.5. The summed E-state index contributed by atoms with van der Waals surface area (Å²) in [4.78, 5) is 29.0. The van der Waals surface area contributed by atoms with Gasteiger partial charge in [0.25, 0.3) is 5.56 Å². The number of halogens is 3. The number of hydrogen-bond acceptors (Lipinski definition) is 5. The van der Waals surface area contributed by atoms with E-state index in [1.165, 1.54) is 23.0 Å². The molecule has 0 fully saturated rings. The molecule has 0 aliphatic heterocycles. The summed E-state index contributed by atoms with van der Waals surface area (Å²) in [5, 5.41) is 14.5. The summed E-state index contributed by atoms with van der Waals surface area (Å²) in [5.74, 6) is -0.144. The van der Waals surface area contributed by atoms with E-state index in [0.29, 0.717) is 22.3 Å². The highest BCUT2D eigenvalue weighted by Crippen LogP contribution is 2.34. The van der Waals surface area contributed by atoms with Crippen LogP contribution < -0.4 is 10.3 Å².